The van der Waals surface area contributed by atoms with Crippen molar-refractivity contribution >= 4 is 17.3 Å². The summed E-state index contributed by atoms with van der Waals surface area (Å²) in [5.74, 6) is -0.0558. The second-order valence-electron chi connectivity index (χ2n) is 6.13. The minimum Gasteiger partial charge on any atom is -0.397 e. The van der Waals surface area contributed by atoms with Crippen molar-refractivity contribution in [3.05, 3.63) is 23.8 Å². The fourth-order valence-corrected chi connectivity index (χ4v) is 2.89. The lowest BCUT2D eigenvalue weighted by Gasteiger charge is -2.37. The normalized spacial score (nSPS) is 17.3. The van der Waals surface area contributed by atoms with Crippen molar-refractivity contribution in [2.75, 3.05) is 31.8 Å². The Morgan fingerprint density at radius 2 is 2.00 bits per heavy atom. The molecule has 0 radical (unpaired) electrons. The molecular formula is C16H25N3O2. The quantitative estimate of drug-likeness (QED) is 0.742. The van der Waals surface area contributed by atoms with E-state index >= 15 is 0 Å². The van der Waals surface area contributed by atoms with Gasteiger partial charge >= 0.3 is 0 Å². The van der Waals surface area contributed by atoms with Crippen LogP contribution < -0.4 is 11.1 Å². The number of nitrogen functional groups attached to an aromatic ring is 1. The first-order chi connectivity index (χ1) is 9.97. The number of hydrogen-bond acceptors (Lipinski definition) is 4. The van der Waals surface area contributed by atoms with Crippen LogP contribution in [-0.4, -0.2) is 42.2 Å². The molecule has 0 aliphatic heterocycles. The summed E-state index contributed by atoms with van der Waals surface area (Å²) in [5, 5.41) is 13.2. The number of carbonyl (C=O) groups is 1. The maximum Gasteiger partial charge on any atom is 0.253 e. The van der Waals surface area contributed by atoms with Gasteiger partial charge in [0.15, 0.2) is 0 Å². The molecule has 116 valence electrons. The summed E-state index contributed by atoms with van der Waals surface area (Å²) in [6.45, 7) is 0.0816. The van der Waals surface area contributed by atoms with Crippen LogP contribution in [0.3, 0.4) is 0 Å². The third-order valence-corrected chi connectivity index (χ3v) is 4.22. The lowest BCUT2D eigenvalue weighted by molar-refractivity contribution is 0.0827. The zero-order valence-corrected chi connectivity index (χ0v) is 12.9. The van der Waals surface area contributed by atoms with Gasteiger partial charge in [0.05, 0.1) is 23.5 Å². The molecule has 0 aromatic heterocycles. The van der Waals surface area contributed by atoms with Crippen molar-refractivity contribution in [1.29, 1.82) is 0 Å². The van der Waals surface area contributed by atoms with Gasteiger partial charge in [0.25, 0.3) is 5.91 Å². The highest BCUT2D eigenvalue weighted by molar-refractivity contribution is 5.96. The van der Waals surface area contributed by atoms with Crippen LogP contribution in [-0.2, 0) is 0 Å². The van der Waals surface area contributed by atoms with Crippen molar-refractivity contribution in [1.82, 2.24) is 4.90 Å². The van der Waals surface area contributed by atoms with E-state index < -0.39 is 0 Å². The van der Waals surface area contributed by atoms with Crippen molar-refractivity contribution in [3.63, 3.8) is 0 Å². The lowest BCUT2D eigenvalue weighted by atomic mass is 9.82. The Labute approximate surface area is 126 Å². The molecule has 1 aromatic carbocycles. The zero-order valence-electron chi connectivity index (χ0n) is 12.9. The number of amides is 1. The monoisotopic (exact) mass is 291 g/mol. The summed E-state index contributed by atoms with van der Waals surface area (Å²) in [4.78, 5) is 13.6. The first-order valence-electron chi connectivity index (χ1n) is 7.48. The van der Waals surface area contributed by atoms with Gasteiger partial charge in [-0.1, -0.05) is 19.3 Å². The van der Waals surface area contributed by atoms with Crippen molar-refractivity contribution in [2.24, 2.45) is 0 Å². The third-order valence-electron chi connectivity index (χ3n) is 4.22. The Balaban J connectivity index is 2.26. The fourth-order valence-electron chi connectivity index (χ4n) is 2.89. The molecule has 1 amide bonds. The van der Waals surface area contributed by atoms with Gasteiger partial charge in [-0.05, 0) is 31.0 Å². The van der Waals surface area contributed by atoms with Gasteiger partial charge in [-0.15, -0.1) is 0 Å². The highest BCUT2D eigenvalue weighted by Gasteiger charge is 2.31. The van der Waals surface area contributed by atoms with Crippen molar-refractivity contribution < 1.29 is 9.90 Å². The number of carbonyl (C=O) groups excluding carboxylic acids is 1. The topological polar surface area (TPSA) is 78.6 Å². The van der Waals surface area contributed by atoms with E-state index in [1.165, 1.54) is 11.3 Å². The van der Waals surface area contributed by atoms with Gasteiger partial charge in [-0.2, -0.15) is 0 Å². The molecular weight excluding hydrogens is 266 g/mol. The first kappa shape index (κ1) is 15.6. The maximum atomic E-state index is 12.1. The number of aliphatic hydroxyl groups excluding tert-OH is 1. The maximum absolute atomic E-state index is 12.1. The van der Waals surface area contributed by atoms with E-state index in [1.54, 1.807) is 32.3 Å². The highest BCUT2D eigenvalue weighted by Crippen LogP contribution is 2.33. The van der Waals surface area contributed by atoms with Gasteiger partial charge in [0, 0.05) is 19.7 Å². The first-order valence-corrected chi connectivity index (χ1v) is 7.48. The van der Waals surface area contributed by atoms with Crippen LogP contribution >= 0.6 is 0 Å². The molecule has 21 heavy (non-hydrogen) atoms. The molecule has 0 bridgehead atoms. The van der Waals surface area contributed by atoms with Crippen LogP contribution in [0.1, 0.15) is 42.5 Å². The Hall–Kier alpha value is -1.75. The fraction of sp³-hybridized carbons (Fsp3) is 0.562. The second-order valence-corrected chi connectivity index (χ2v) is 6.13. The molecule has 1 aliphatic rings. The van der Waals surface area contributed by atoms with Gasteiger partial charge in [0.1, 0.15) is 0 Å². The minimum atomic E-state index is -0.313. The molecule has 0 spiro atoms. The van der Waals surface area contributed by atoms with Gasteiger partial charge < -0.3 is 21.1 Å². The molecule has 1 aromatic rings. The number of aliphatic hydroxyl groups is 1. The molecule has 0 saturated heterocycles. The van der Waals surface area contributed by atoms with Crippen LogP contribution in [0, 0.1) is 0 Å². The molecule has 0 atom stereocenters. The summed E-state index contributed by atoms with van der Waals surface area (Å²) >= 11 is 0. The molecule has 0 heterocycles. The van der Waals surface area contributed by atoms with Crippen molar-refractivity contribution in [3.8, 4) is 0 Å². The SMILES string of the molecule is CN(C)C(=O)c1ccc(N)c(NC2(CO)CCCCC2)c1. The van der Waals surface area contributed by atoms with Crippen LogP contribution in [0.5, 0.6) is 0 Å². The summed E-state index contributed by atoms with van der Waals surface area (Å²) < 4.78 is 0. The number of nitrogens with one attached hydrogen (secondary N) is 1. The van der Waals surface area contributed by atoms with Gasteiger partial charge in [-0.3, -0.25) is 4.79 Å². The number of rotatable bonds is 4. The smallest absolute Gasteiger partial charge is 0.253 e. The summed E-state index contributed by atoms with van der Waals surface area (Å²) in [6.07, 6.45) is 5.26. The van der Waals surface area contributed by atoms with E-state index in [1.807, 2.05) is 0 Å². The summed E-state index contributed by atoms with van der Waals surface area (Å²) in [6, 6.07) is 5.26. The number of benzene rings is 1. The second kappa shape index (κ2) is 6.35. The van der Waals surface area contributed by atoms with Crippen molar-refractivity contribution in [2.45, 2.75) is 37.6 Å². The van der Waals surface area contributed by atoms with Gasteiger partial charge in [0.2, 0.25) is 0 Å². The van der Waals surface area contributed by atoms with E-state index in [4.69, 9.17) is 5.73 Å². The Morgan fingerprint density at radius 1 is 1.33 bits per heavy atom. The average Bonchev–Trinajstić information content (AvgIpc) is 2.49. The molecule has 1 fully saturated rings. The number of hydrogen-bond donors (Lipinski definition) is 3. The van der Waals surface area contributed by atoms with E-state index in [0.717, 1.165) is 31.4 Å². The van der Waals surface area contributed by atoms with E-state index in [-0.39, 0.29) is 18.1 Å². The predicted octanol–water partition coefficient (Wildman–Crippen LogP) is 2.08. The van der Waals surface area contributed by atoms with Crippen LogP contribution in [0.2, 0.25) is 0 Å². The molecule has 0 unspecified atom stereocenters. The largest absolute Gasteiger partial charge is 0.397 e. The van der Waals surface area contributed by atoms with Crippen LogP contribution in [0.25, 0.3) is 0 Å². The average molecular weight is 291 g/mol. The third kappa shape index (κ3) is 3.47. The molecule has 5 heteroatoms. The van der Waals surface area contributed by atoms with E-state index in [9.17, 15) is 9.90 Å². The molecule has 5 nitrogen and oxygen atoms in total. The van der Waals surface area contributed by atoms with Gasteiger partial charge in [-0.25, -0.2) is 0 Å². The summed E-state index contributed by atoms with van der Waals surface area (Å²) in [5.41, 5.74) is 7.65. The summed E-state index contributed by atoms with van der Waals surface area (Å²) in [7, 11) is 3.45. The van der Waals surface area contributed by atoms with E-state index in [0.29, 0.717) is 11.3 Å². The Kier molecular flexibility index (Phi) is 4.73. The lowest BCUT2D eigenvalue weighted by Crippen LogP contribution is -2.44. The predicted molar refractivity (Wildman–Crippen MR) is 85.4 cm³/mol. The minimum absolute atomic E-state index is 0.0558. The van der Waals surface area contributed by atoms with Crippen LogP contribution in [0.15, 0.2) is 18.2 Å². The number of nitrogens with two attached hydrogens (primary N) is 1. The molecule has 1 saturated carbocycles. The Morgan fingerprint density at radius 3 is 2.57 bits per heavy atom. The molecule has 2 rings (SSSR count). The molecule has 1 aliphatic carbocycles. The molecule has 4 N–H and O–H groups in total. The number of nitrogens with zero attached hydrogens (tertiary/aromatic N) is 1. The number of anilines is 2. The van der Waals surface area contributed by atoms with Crippen LogP contribution in [0.4, 0.5) is 11.4 Å². The highest BCUT2D eigenvalue weighted by atomic mass is 16.3. The zero-order chi connectivity index (χ0) is 15.5. The Bertz CT molecular complexity index is 508. The standard InChI is InChI=1S/C16H25N3O2/c1-19(2)15(21)12-6-7-13(17)14(10-12)18-16(11-20)8-4-3-5-9-16/h6-7,10,18,20H,3-5,8-9,11,17H2,1-2H3. The van der Waals surface area contributed by atoms with E-state index in [2.05, 4.69) is 5.32 Å².